The third-order valence-electron chi connectivity index (χ3n) is 7.33. The number of hydrogen-bond acceptors (Lipinski definition) is 4. The highest BCUT2D eigenvalue weighted by Gasteiger charge is 2.36. The summed E-state index contributed by atoms with van der Waals surface area (Å²) in [6.45, 7) is 5.30. The zero-order valence-electron chi connectivity index (χ0n) is 18.4. The van der Waals surface area contributed by atoms with E-state index in [0.717, 1.165) is 63.5 Å². The maximum absolute atomic E-state index is 13.0. The lowest BCUT2D eigenvalue weighted by atomic mass is 9.79. The third kappa shape index (κ3) is 4.83. The van der Waals surface area contributed by atoms with Crippen molar-refractivity contribution >= 4 is 11.6 Å². The first kappa shape index (κ1) is 20.7. The van der Waals surface area contributed by atoms with Crippen molar-refractivity contribution in [2.75, 3.05) is 31.1 Å². The molecule has 31 heavy (non-hydrogen) atoms. The molecule has 1 aromatic carbocycles. The summed E-state index contributed by atoms with van der Waals surface area (Å²) in [4.78, 5) is 21.9. The van der Waals surface area contributed by atoms with Crippen molar-refractivity contribution in [2.24, 2.45) is 11.8 Å². The van der Waals surface area contributed by atoms with Gasteiger partial charge < -0.3 is 10.2 Å². The van der Waals surface area contributed by atoms with E-state index < -0.39 is 0 Å². The van der Waals surface area contributed by atoms with Gasteiger partial charge >= 0.3 is 0 Å². The number of benzene rings is 1. The molecule has 0 spiro atoms. The molecule has 2 unspecified atom stereocenters. The number of aromatic nitrogens is 1. The van der Waals surface area contributed by atoms with Crippen molar-refractivity contribution < 1.29 is 4.79 Å². The van der Waals surface area contributed by atoms with E-state index in [1.165, 1.54) is 24.1 Å². The maximum Gasteiger partial charge on any atom is 0.226 e. The van der Waals surface area contributed by atoms with E-state index in [1.807, 2.05) is 29.4 Å². The van der Waals surface area contributed by atoms with Crippen molar-refractivity contribution in [1.82, 2.24) is 15.2 Å². The monoisotopic (exact) mass is 418 g/mol. The summed E-state index contributed by atoms with van der Waals surface area (Å²) in [5.74, 6) is 1.73. The quantitative estimate of drug-likeness (QED) is 0.778. The molecule has 3 aliphatic rings. The molecule has 3 aliphatic heterocycles. The van der Waals surface area contributed by atoms with Crippen LogP contribution in [-0.4, -0.2) is 48.0 Å². The van der Waals surface area contributed by atoms with Crippen LogP contribution in [0.15, 0.2) is 48.8 Å². The summed E-state index contributed by atoms with van der Waals surface area (Å²) in [5, 5.41) is 3.81. The molecule has 0 saturated carbocycles. The first-order valence-corrected chi connectivity index (χ1v) is 12.0. The van der Waals surface area contributed by atoms with Crippen LogP contribution in [0.25, 0.3) is 0 Å². The molecule has 5 heteroatoms. The number of aryl methyl sites for hydroxylation is 1. The Bertz CT molecular complexity index is 886. The Kier molecular flexibility index (Phi) is 6.32. The SMILES string of the molecule is O=C(CCC[C@H]1NCC2CC1CN(Cc1cccnc1)C2)N1CCCc2ccccc21. The van der Waals surface area contributed by atoms with Gasteiger partial charge in [0.05, 0.1) is 0 Å². The maximum atomic E-state index is 13.0. The number of carbonyl (C=O) groups excluding carboxylic acids is 1. The smallest absolute Gasteiger partial charge is 0.226 e. The molecular weight excluding hydrogens is 384 g/mol. The van der Waals surface area contributed by atoms with E-state index in [9.17, 15) is 4.79 Å². The van der Waals surface area contributed by atoms with Crippen LogP contribution < -0.4 is 10.2 Å². The number of anilines is 1. The Balaban J connectivity index is 1.13. The van der Waals surface area contributed by atoms with E-state index in [1.54, 1.807) is 0 Å². The second-order valence-corrected chi connectivity index (χ2v) is 9.60. The molecule has 0 aliphatic carbocycles. The van der Waals surface area contributed by atoms with Crippen LogP contribution in [0.4, 0.5) is 5.69 Å². The van der Waals surface area contributed by atoms with Crippen LogP contribution in [0, 0.1) is 11.8 Å². The number of hydrogen-bond donors (Lipinski definition) is 1. The molecule has 2 saturated heterocycles. The molecule has 2 bridgehead atoms. The Hall–Kier alpha value is -2.24. The van der Waals surface area contributed by atoms with Gasteiger partial charge in [-0.3, -0.25) is 14.7 Å². The largest absolute Gasteiger partial charge is 0.313 e. The van der Waals surface area contributed by atoms with Gasteiger partial charge in [-0.2, -0.15) is 0 Å². The van der Waals surface area contributed by atoms with Gasteiger partial charge in [0.2, 0.25) is 5.91 Å². The highest BCUT2D eigenvalue weighted by molar-refractivity contribution is 5.94. The van der Waals surface area contributed by atoms with E-state index in [0.29, 0.717) is 24.3 Å². The number of piperidine rings is 2. The first-order valence-electron chi connectivity index (χ1n) is 12.0. The molecule has 0 radical (unpaired) electrons. The van der Waals surface area contributed by atoms with Gasteiger partial charge in [-0.15, -0.1) is 0 Å². The molecule has 2 fully saturated rings. The molecule has 2 aromatic rings. The highest BCUT2D eigenvalue weighted by Crippen LogP contribution is 2.32. The van der Waals surface area contributed by atoms with Crippen molar-refractivity contribution in [3.8, 4) is 0 Å². The van der Waals surface area contributed by atoms with Crippen LogP contribution in [0.1, 0.15) is 43.2 Å². The van der Waals surface area contributed by atoms with E-state index >= 15 is 0 Å². The molecular formula is C26H34N4O. The lowest BCUT2D eigenvalue weighted by molar-refractivity contribution is -0.118. The average Bonchev–Trinajstić information content (AvgIpc) is 2.81. The topological polar surface area (TPSA) is 48.5 Å². The van der Waals surface area contributed by atoms with Gasteiger partial charge in [-0.05, 0) is 73.7 Å². The third-order valence-corrected chi connectivity index (χ3v) is 7.33. The van der Waals surface area contributed by atoms with Crippen LogP contribution in [-0.2, 0) is 17.8 Å². The number of carbonyl (C=O) groups is 1. The minimum Gasteiger partial charge on any atom is -0.313 e. The number of pyridine rings is 1. The standard InChI is InChI=1S/C26H34N4O/c31-26(30-13-5-8-22-7-1-2-10-25(22)30)11-3-9-24-23-14-21(16-28-24)18-29(19-23)17-20-6-4-12-27-15-20/h1-2,4,6-7,10,12,15,21,23-24,28H,3,5,8-9,11,13-14,16-19H2/t21?,23?,24-/m1/s1. The van der Waals surface area contributed by atoms with Gasteiger partial charge in [0.1, 0.15) is 0 Å². The minimum absolute atomic E-state index is 0.294. The van der Waals surface area contributed by atoms with Crippen molar-refractivity contribution in [3.05, 3.63) is 59.9 Å². The van der Waals surface area contributed by atoms with E-state index in [2.05, 4.69) is 39.5 Å². The number of rotatable bonds is 6. The van der Waals surface area contributed by atoms with Crippen LogP contribution in [0.5, 0.6) is 0 Å². The average molecular weight is 419 g/mol. The zero-order valence-corrected chi connectivity index (χ0v) is 18.4. The van der Waals surface area contributed by atoms with Crippen molar-refractivity contribution in [1.29, 1.82) is 0 Å². The Morgan fingerprint density at radius 3 is 3.00 bits per heavy atom. The fraction of sp³-hybridized carbons (Fsp3) is 0.538. The predicted molar refractivity (Wildman–Crippen MR) is 124 cm³/mol. The van der Waals surface area contributed by atoms with Gasteiger partial charge in [-0.25, -0.2) is 0 Å². The number of para-hydroxylation sites is 1. The molecule has 4 heterocycles. The summed E-state index contributed by atoms with van der Waals surface area (Å²) in [7, 11) is 0. The van der Waals surface area contributed by atoms with Crippen LogP contribution in [0.3, 0.4) is 0 Å². The second kappa shape index (κ2) is 9.49. The summed E-state index contributed by atoms with van der Waals surface area (Å²) < 4.78 is 0. The number of likely N-dealkylation sites (tertiary alicyclic amines) is 1. The highest BCUT2D eigenvalue weighted by atomic mass is 16.2. The number of amides is 1. The van der Waals surface area contributed by atoms with E-state index in [-0.39, 0.29) is 0 Å². The Morgan fingerprint density at radius 1 is 1.16 bits per heavy atom. The summed E-state index contributed by atoms with van der Waals surface area (Å²) >= 11 is 0. The summed E-state index contributed by atoms with van der Waals surface area (Å²) in [6, 6.07) is 13.1. The lowest BCUT2D eigenvalue weighted by Gasteiger charge is -2.46. The molecule has 1 amide bonds. The van der Waals surface area contributed by atoms with Gasteiger partial charge in [0.25, 0.3) is 0 Å². The predicted octanol–water partition coefficient (Wildman–Crippen LogP) is 3.64. The molecule has 1 N–H and O–H groups in total. The molecule has 3 atom stereocenters. The van der Waals surface area contributed by atoms with Gasteiger partial charge in [-0.1, -0.05) is 24.3 Å². The van der Waals surface area contributed by atoms with Gasteiger partial charge in [0.15, 0.2) is 0 Å². The fourth-order valence-electron chi connectivity index (χ4n) is 5.89. The Morgan fingerprint density at radius 2 is 2.10 bits per heavy atom. The second-order valence-electron chi connectivity index (χ2n) is 9.60. The Labute approximate surface area is 185 Å². The van der Waals surface area contributed by atoms with Crippen molar-refractivity contribution in [3.63, 3.8) is 0 Å². The molecule has 164 valence electrons. The normalized spacial score (nSPS) is 25.8. The fourth-order valence-corrected chi connectivity index (χ4v) is 5.89. The van der Waals surface area contributed by atoms with Crippen molar-refractivity contribution in [2.45, 2.75) is 51.1 Å². The van der Waals surface area contributed by atoms with Crippen LogP contribution >= 0.6 is 0 Å². The van der Waals surface area contributed by atoms with E-state index in [4.69, 9.17) is 0 Å². The number of fused-ring (bicyclic) bond motifs is 3. The molecule has 5 rings (SSSR count). The van der Waals surface area contributed by atoms with Crippen LogP contribution in [0.2, 0.25) is 0 Å². The van der Waals surface area contributed by atoms with Gasteiger partial charge in [0, 0.05) is 56.7 Å². The zero-order chi connectivity index (χ0) is 21.0. The molecule has 1 aromatic heterocycles. The minimum atomic E-state index is 0.294. The summed E-state index contributed by atoms with van der Waals surface area (Å²) in [6.07, 6.45) is 10.0. The lowest BCUT2D eigenvalue weighted by Crippen LogP contribution is -2.55. The number of nitrogens with one attached hydrogen (secondary N) is 1. The first-order chi connectivity index (χ1) is 15.3. The summed E-state index contributed by atoms with van der Waals surface area (Å²) in [5.41, 5.74) is 3.76. The number of nitrogens with zero attached hydrogens (tertiary/aromatic N) is 3. The molecule has 5 nitrogen and oxygen atoms in total.